The van der Waals surface area contributed by atoms with E-state index in [1.165, 1.54) is 0 Å². The number of esters is 1. The molecule has 1 aliphatic rings. The molecule has 0 unspecified atom stereocenters. The fourth-order valence-corrected chi connectivity index (χ4v) is 0.851. The summed E-state index contributed by atoms with van der Waals surface area (Å²) in [6.45, 7) is 3.06. The van der Waals surface area contributed by atoms with Crippen LogP contribution in [0.3, 0.4) is 0 Å². The Labute approximate surface area is 60.3 Å². The molecule has 1 rings (SSSR count). The molecule has 3 heteroatoms. The standard InChI is InChI=1S/C7H12O3/c1-2-9-7(8)5-6-3-4-10-6/h6H,2-5H2,1H3/t6-/m0/s1. The lowest BCUT2D eigenvalue weighted by atomic mass is 10.1. The predicted molar refractivity (Wildman–Crippen MR) is 35.6 cm³/mol. The first-order chi connectivity index (χ1) is 4.83. The van der Waals surface area contributed by atoms with Gasteiger partial charge in [0.05, 0.1) is 19.1 Å². The van der Waals surface area contributed by atoms with Crippen molar-refractivity contribution in [2.75, 3.05) is 13.2 Å². The van der Waals surface area contributed by atoms with E-state index >= 15 is 0 Å². The highest BCUT2D eigenvalue weighted by molar-refractivity contribution is 5.70. The molecule has 1 saturated heterocycles. The summed E-state index contributed by atoms with van der Waals surface area (Å²) in [4.78, 5) is 10.7. The second-order valence-corrected chi connectivity index (χ2v) is 2.29. The van der Waals surface area contributed by atoms with Crippen LogP contribution in [-0.2, 0) is 14.3 Å². The van der Waals surface area contributed by atoms with Crippen molar-refractivity contribution in [1.82, 2.24) is 0 Å². The van der Waals surface area contributed by atoms with Gasteiger partial charge in [0.1, 0.15) is 0 Å². The summed E-state index contributed by atoms with van der Waals surface area (Å²) in [5, 5.41) is 0. The second-order valence-electron chi connectivity index (χ2n) is 2.29. The van der Waals surface area contributed by atoms with Crippen LogP contribution in [0.15, 0.2) is 0 Å². The van der Waals surface area contributed by atoms with Gasteiger partial charge in [-0.15, -0.1) is 0 Å². The molecule has 1 atom stereocenters. The largest absolute Gasteiger partial charge is 0.466 e. The van der Waals surface area contributed by atoms with Gasteiger partial charge in [-0.05, 0) is 13.3 Å². The Balaban J connectivity index is 2.05. The van der Waals surface area contributed by atoms with Crippen LogP contribution in [0, 0.1) is 0 Å². The molecule has 10 heavy (non-hydrogen) atoms. The van der Waals surface area contributed by atoms with Gasteiger partial charge >= 0.3 is 5.97 Å². The predicted octanol–water partition coefficient (Wildman–Crippen LogP) is 0.729. The van der Waals surface area contributed by atoms with Crippen LogP contribution in [0.4, 0.5) is 0 Å². The molecule has 0 aromatic heterocycles. The van der Waals surface area contributed by atoms with Gasteiger partial charge in [-0.1, -0.05) is 0 Å². The van der Waals surface area contributed by atoms with Crippen molar-refractivity contribution in [3.63, 3.8) is 0 Å². The van der Waals surface area contributed by atoms with Gasteiger partial charge < -0.3 is 9.47 Å². The van der Waals surface area contributed by atoms with Crippen LogP contribution in [0.2, 0.25) is 0 Å². The monoisotopic (exact) mass is 144 g/mol. The Hall–Kier alpha value is -0.570. The summed E-state index contributed by atoms with van der Waals surface area (Å²) < 4.78 is 9.78. The molecular formula is C7H12O3. The molecule has 0 radical (unpaired) electrons. The number of hydrogen-bond acceptors (Lipinski definition) is 3. The fraction of sp³-hybridized carbons (Fsp3) is 0.857. The minimum Gasteiger partial charge on any atom is -0.466 e. The minimum atomic E-state index is -0.146. The third kappa shape index (κ3) is 1.99. The third-order valence-corrected chi connectivity index (χ3v) is 1.49. The van der Waals surface area contributed by atoms with Crippen LogP contribution < -0.4 is 0 Å². The summed E-state index contributed by atoms with van der Waals surface area (Å²) in [6, 6.07) is 0. The lowest BCUT2D eigenvalue weighted by molar-refractivity contribution is -0.150. The molecule has 0 bridgehead atoms. The van der Waals surface area contributed by atoms with Gasteiger partial charge in [0.2, 0.25) is 0 Å². The SMILES string of the molecule is CCOC(=O)C[C@@H]1CCO1. The summed E-state index contributed by atoms with van der Waals surface area (Å²) in [7, 11) is 0. The van der Waals surface area contributed by atoms with Crippen LogP contribution >= 0.6 is 0 Å². The third-order valence-electron chi connectivity index (χ3n) is 1.49. The number of carbonyl (C=O) groups excluding carboxylic acids is 1. The number of hydrogen-bond donors (Lipinski definition) is 0. The van der Waals surface area contributed by atoms with E-state index in [1.807, 2.05) is 0 Å². The van der Waals surface area contributed by atoms with E-state index < -0.39 is 0 Å². The van der Waals surface area contributed by atoms with Gasteiger partial charge in [0.25, 0.3) is 0 Å². The van der Waals surface area contributed by atoms with Crippen molar-refractivity contribution in [2.24, 2.45) is 0 Å². The first-order valence-electron chi connectivity index (χ1n) is 3.60. The molecule has 3 nitrogen and oxygen atoms in total. The van der Waals surface area contributed by atoms with Gasteiger partial charge in [-0.2, -0.15) is 0 Å². The lowest BCUT2D eigenvalue weighted by Gasteiger charge is -2.25. The first-order valence-corrected chi connectivity index (χ1v) is 3.60. The number of carbonyl (C=O) groups is 1. The highest BCUT2D eigenvalue weighted by Gasteiger charge is 2.21. The molecule has 1 heterocycles. The molecular weight excluding hydrogens is 132 g/mol. The van der Waals surface area contributed by atoms with E-state index in [0.717, 1.165) is 13.0 Å². The Morgan fingerprint density at radius 3 is 2.90 bits per heavy atom. The van der Waals surface area contributed by atoms with E-state index in [9.17, 15) is 4.79 Å². The smallest absolute Gasteiger partial charge is 0.308 e. The van der Waals surface area contributed by atoms with Crippen LogP contribution in [0.1, 0.15) is 19.8 Å². The van der Waals surface area contributed by atoms with E-state index in [0.29, 0.717) is 13.0 Å². The molecule has 0 aliphatic carbocycles. The minimum absolute atomic E-state index is 0.138. The summed E-state index contributed by atoms with van der Waals surface area (Å²) >= 11 is 0. The van der Waals surface area contributed by atoms with E-state index in [2.05, 4.69) is 0 Å². The van der Waals surface area contributed by atoms with Crippen LogP contribution in [0.5, 0.6) is 0 Å². The molecule has 0 amide bonds. The molecule has 1 aliphatic heterocycles. The topological polar surface area (TPSA) is 35.5 Å². The quantitative estimate of drug-likeness (QED) is 0.548. The normalized spacial score (nSPS) is 23.5. The molecule has 0 N–H and O–H groups in total. The highest BCUT2D eigenvalue weighted by atomic mass is 16.5. The van der Waals surface area contributed by atoms with Crippen LogP contribution in [-0.4, -0.2) is 25.3 Å². The Kier molecular flexibility index (Phi) is 2.68. The van der Waals surface area contributed by atoms with Gasteiger partial charge in [0.15, 0.2) is 0 Å². The first kappa shape index (κ1) is 7.54. The molecule has 1 fully saturated rings. The summed E-state index contributed by atoms with van der Waals surface area (Å²) in [5.41, 5.74) is 0. The molecule has 0 spiro atoms. The maximum absolute atomic E-state index is 10.7. The van der Waals surface area contributed by atoms with Crippen molar-refractivity contribution >= 4 is 5.97 Å². The molecule has 0 aromatic carbocycles. The maximum Gasteiger partial charge on any atom is 0.308 e. The van der Waals surface area contributed by atoms with E-state index in [1.54, 1.807) is 6.92 Å². The maximum atomic E-state index is 10.7. The average molecular weight is 144 g/mol. The van der Waals surface area contributed by atoms with Crippen molar-refractivity contribution in [3.05, 3.63) is 0 Å². The number of ether oxygens (including phenoxy) is 2. The Morgan fingerprint density at radius 2 is 2.50 bits per heavy atom. The summed E-state index contributed by atoms with van der Waals surface area (Å²) in [5.74, 6) is -0.146. The average Bonchev–Trinajstić information content (AvgIpc) is 1.80. The van der Waals surface area contributed by atoms with Gasteiger partial charge in [-0.3, -0.25) is 4.79 Å². The van der Waals surface area contributed by atoms with Gasteiger partial charge in [0, 0.05) is 6.61 Å². The fourth-order valence-electron chi connectivity index (χ4n) is 0.851. The Bertz CT molecular complexity index is 118. The highest BCUT2D eigenvalue weighted by Crippen LogP contribution is 2.14. The second kappa shape index (κ2) is 3.56. The molecule has 0 aromatic rings. The van der Waals surface area contributed by atoms with Crippen molar-refractivity contribution in [3.8, 4) is 0 Å². The summed E-state index contributed by atoms with van der Waals surface area (Å²) in [6.07, 6.45) is 1.56. The van der Waals surface area contributed by atoms with Crippen molar-refractivity contribution < 1.29 is 14.3 Å². The van der Waals surface area contributed by atoms with Crippen molar-refractivity contribution in [2.45, 2.75) is 25.9 Å². The van der Waals surface area contributed by atoms with Crippen LogP contribution in [0.25, 0.3) is 0 Å². The van der Waals surface area contributed by atoms with Gasteiger partial charge in [-0.25, -0.2) is 0 Å². The lowest BCUT2D eigenvalue weighted by Crippen LogP contribution is -2.29. The zero-order valence-electron chi connectivity index (χ0n) is 6.13. The van der Waals surface area contributed by atoms with E-state index in [-0.39, 0.29) is 12.1 Å². The van der Waals surface area contributed by atoms with Crippen molar-refractivity contribution in [1.29, 1.82) is 0 Å². The Morgan fingerprint density at radius 1 is 1.80 bits per heavy atom. The molecule has 0 saturated carbocycles. The zero-order chi connectivity index (χ0) is 7.40. The van der Waals surface area contributed by atoms with E-state index in [4.69, 9.17) is 9.47 Å². The zero-order valence-corrected chi connectivity index (χ0v) is 6.13. The number of rotatable bonds is 3. The molecule has 58 valence electrons.